The number of benzene rings is 2. The molecule has 0 saturated carbocycles. The standard InChI is InChI=1S/C20H19N5O5S/c1-28-14-8-6-13(7-9-14)25-12-21-24-20(25)31-11-18(26)22-23-19(27)17-10-29-15-4-2-3-5-16(15)30-17/h2-9,12,17H,10-11H2,1H3,(H,22,26)(H,23,27). The highest BCUT2D eigenvalue weighted by atomic mass is 32.2. The average molecular weight is 441 g/mol. The molecule has 0 aliphatic carbocycles. The first-order valence-electron chi connectivity index (χ1n) is 9.28. The normalized spacial score (nSPS) is 14.5. The molecule has 2 heterocycles. The summed E-state index contributed by atoms with van der Waals surface area (Å²) in [4.78, 5) is 24.4. The molecule has 1 aliphatic rings. The molecule has 2 amide bonds. The van der Waals surface area contributed by atoms with Crippen molar-refractivity contribution in [3.63, 3.8) is 0 Å². The van der Waals surface area contributed by atoms with Crippen molar-refractivity contribution in [3.8, 4) is 22.9 Å². The van der Waals surface area contributed by atoms with Crippen LogP contribution in [0.4, 0.5) is 0 Å². The Morgan fingerprint density at radius 2 is 1.94 bits per heavy atom. The predicted octanol–water partition coefficient (Wildman–Crippen LogP) is 1.36. The number of methoxy groups -OCH3 is 1. The second kappa shape index (κ2) is 9.39. The fraction of sp³-hybridized carbons (Fsp3) is 0.200. The summed E-state index contributed by atoms with van der Waals surface area (Å²) < 4.78 is 18.0. The highest BCUT2D eigenvalue weighted by molar-refractivity contribution is 7.99. The molecule has 1 aliphatic heterocycles. The number of hydrazine groups is 1. The number of fused-ring (bicyclic) bond motifs is 1. The molecule has 10 nitrogen and oxygen atoms in total. The number of nitrogens with zero attached hydrogens (tertiary/aromatic N) is 3. The van der Waals surface area contributed by atoms with Gasteiger partial charge in [0.2, 0.25) is 12.0 Å². The van der Waals surface area contributed by atoms with E-state index < -0.39 is 17.9 Å². The predicted molar refractivity (Wildman–Crippen MR) is 111 cm³/mol. The molecular formula is C20H19N5O5S. The van der Waals surface area contributed by atoms with Gasteiger partial charge < -0.3 is 14.2 Å². The van der Waals surface area contributed by atoms with Gasteiger partial charge in [0.05, 0.1) is 12.9 Å². The van der Waals surface area contributed by atoms with E-state index in [-0.39, 0.29) is 12.4 Å². The van der Waals surface area contributed by atoms with E-state index in [1.54, 1.807) is 36.2 Å². The molecule has 11 heteroatoms. The van der Waals surface area contributed by atoms with Gasteiger partial charge in [-0.1, -0.05) is 23.9 Å². The smallest absolute Gasteiger partial charge is 0.283 e. The molecule has 31 heavy (non-hydrogen) atoms. The second-order valence-corrected chi connectivity index (χ2v) is 7.31. The molecule has 1 aromatic heterocycles. The summed E-state index contributed by atoms with van der Waals surface area (Å²) in [5.41, 5.74) is 5.56. The van der Waals surface area contributed by atoms with Crippen molar-refractivity contribution in [1.82, 2.24) is 25.6 Å². The number of carbonyl (C=O) groups excluding carboxylic acids is 2. The van der Waals surface area contributed by atoms with Crippen LogP contribution in [0, 0.1) is 0 Å². The summed E-state index contributed by atoms with van der Waals surface area (Å²) >= 11 is 1.18. The molecule has 1 atom stereocenters. The number of thioether (sulfide) groups is 1. The summed E-state index contributed by atoms with van der Waals surface area (Å²) in [6.45, 7) is 0.0540. The molecule has 0 radical (unpaired) electrons. The quantitative estimate of drug-likeness (QED) is 0.435. The van der Waals surface area contributed by atoms with Gasteiger partial charge in [0.25, 0.3) is 5.91 Å². The van der Waals surface area contributed by atoms with Crippen LogP contribution in [0.15, 0.2) is 60.0 Å². The number of ether oxygens (including phenoxy) is 3. The fourth-order valence-corrected chi connectivity index (χ4v) is 3.50. The lowest BCUT2D eigenvalue weighted by Crippen LogP contribution is -2.51. The number of para-hydroxylation sites is 2. The minimum Gasteiger partial charge on any atom is -0.497 e. The fourth-order valence-electron chi connectivity index (χ4n) is 2.77. The first-order valence-corrected chi connectivity index (χ1v) is 10.3. The van der Waals surface area contributed by atoms with Crippen LogP contribution in [0.5, 0.6) is 17.2 Å². The van der Waals surface area contributed by atoms with Crippen molar-refractivity contribution in [1.29, 1.82) is 0 Å². The van der Waals surface area contributed by atoms with Crippen LogP contribution < -0.4 is 25.1 Å². The molecule has 0 fully saturated rings. The van der Waals surface area contributed by atoms with Gasteiger partial charge in [-0.2, -0.15) is 0 Å². The first-order chi connectivity index (χ1) is 15.1. The zero-order valence-corrected chi connectivity index (χ0v) is 17.3. The molecule has 4 rings (SSSR count). The maximum atomic E-state index is 12.3. The van der Waals surface area contributed by atoms with Crippen LogP contribution in [0.25, 0.3) is 5.69 Å². The van der Waals surface area contributed by atoms with Crippen LogP contribution in [0.2, 0.25) is 0 Å². The largest absolute Gasteiger partial charge is 0.497 e. The Kier molecular flexibility index (Phi) is 6.22. The van der Waals surface area contributed by atoms with Gasteiger partial charge in [-0.25, -0.2) is 0 Å². The lowest BCUT2D eigenvalue weighted by molar-refractivity contribution is -0.134. The Labute approximate surface area is 181 Å². The van der Waals surface area contributed by atoms with Crippen LogP contribution in [-0.2, 0) is 9.59 Å². The molecule has 2 aromatic carbocycles. The highest BCUT2D eigenvalue weighted by Gasteiger charge is 2.27. The molecular weight excluding hydrogens is 422 g/mol. The van der Waals surface area contributed by atoms with E-state index >= 15 is 0 Å². The molecule has 1 unspecified atom stereocenters. The maximum absolute atomic E-state index is 12.3. The third-order valence-corrected chi connectivity index (χ3v) is 5.27. The van der Waals surface area contributed by atoms with Crippen LogP contribution in [0.3, 0.4) is 0 Å². The number of rotatable bonds is 6. The van der Waals surface area contributed by atoms with E-state index in [0.717, 1.165) is 11.4 Å². The minimum absolute atomic E-state index is 0.0278. The van der Waals surface area contributed by atoms with Gasteiger partial charge in [0, 0.05) is 5.69 Å². The second-order valence-electron chi connectivity index (χ2n) is 6.37. The zero-order chi connectivity index (χ0) is 21.6. The summed E-state index contributed by atoms with van der Waals surface area (Å²) in [7, 11) is 1.60. The molecule has 3 aromatic rings. The molecule has 2 N–H and O–H groups in total. The van der Waals surface area contributed by atoms with Crippen molar-refractivity contribution in [3.05, 3.63) is 54.9 Å². The summed E-state index contributed by atoms with van der Waals surface area (Å²) in [5, 5.41) is 8.47. The van der Waals surface area contributed by atoms with Gasteiger partial charge in [0.1, 0.15) is 18.7 Å². The molecule has 0 spiro atoms. The molecule has 0 bridgehead atoms. The number of aromatic nitrogens is 3. The lowest BCUT2D eigenvalue weighted by atomic mass is 10.2. The maximum Gasteiger partial charge on any atom is 0.283 e. The SMILES string of the molecule is COc1ccc(-n2cnnc2SCC(=O)NNC(=O)C2COc3ccccc3O2)cc1. The van der Waals surface area contributed by atoms with Crippen molar-refractivity contribution in [2.24, 2.45) is 0 Å². The van der Waals surface area contributed by atoms with Crippen molar-refractivity contribution in [2.45, 2.75) is 11.3 Å². The van der Waals surface area contributed by atoms with Gasteiger partial charge in [-0.15, -0.1) is 10.2 Å². The Morgan fingerprint density at radius 1 is 1.16 bits per heavy atom. The van der Waals surface area contributed by atoms with Gasteiger partial charge in [-0.05, 0) is 36.4 Å². The third-order valence-electron chi connectivity index (χ3n) is 4.33. The highest BCUT2D eigenvalue weighted by Crippen LogP contribution is 2.30. The summed E-state index contributed by atoms with van der Waals surface area (Å²) in [6.07, 6.45) is 0.697. The number of carbonyl (C=O) groups is 2. The van der Waals surface area contributed by atoms with Crippen LogP contribution in [0.1, 0.15) is 0 Å². The Hall–Kier alpha value is -3.73. The first kappa shape index (κ1) is 20.5. The van der Waals surface area contributed by atoms with E-state index in [4.69, 9.17) is 14.2 Å². The van der Waals surface area contributed by atoms with E-state index in [9.17, 15) is 9.59 Å². The van der Waals surface area contributed by atoms with E-state index in [1.165, 1.54) is 11.8 Å². The van der Waals surface area contributed by atoms with E-state index in [1.807, 2.05) is 30.3 Å². The van der Waals surface area contributed by atoms with Crippen molar-refractivity contribution < 1.29 is 23.8 Å². The molecule has 0 saturated heterocycles. The molecule has 160 valence electrons. The topological polar surface area (TPSA) is 117 Å². The van der Waals surface area contributed by atoms with Gasteiger partial charge in [-0.3, -0.25) is 25.0 Å². The van der Waals surface area contributed by atoms with Crippen LogP contribution >= 0.6 is 11.8 Å². The number of hydrogen-bond acceptors (Lipinski definition) is 8. The van der Waals surface area contributed by atoms with Crippen LogP contribution in [-0.4, -0.2) is 52.2 Å². The lowest BCUT2D eigenvalue weighted by Gasteiger charge is -2.25. The van der Waals surface area contributed by atoms with Gasteiger partial charge >= 0.3 is 0 Å². The zero-order valence-electron chi connectivity index (χ0n) is 16.5. The number of amides is 2. The Bertz CT molecular complexity index is 1070. The number of nitrogens with one attached hydrogen (secondary N) is 2. The van der Waals surface area contributed by atoms with Crippen molar-refractivity contribution in [2.75, 3.05) is 19.5 Å². The third kappa shape index (κ3) is 4.89. The Balaban J connectivity index is 1.27. The van der Waals surface area contributed by atoms with Gasteiger partial charge in [0.15, 0.2) is 16.7 Å². The Morgan fingerprint density at radius 3 is 2.71 bits per heavy atom. The monoisotopic (exact) mass is 441 g/mol. The van der Waals surface area contributed by atoms with Crippen molar-refractivity contribution >= 4 is 23.6 Å². The van der Waals surface area contributed by atoms with E-state index in [2.05, 4.69) is 21.0 Å². The van der Waals surface area contributed by atoms with E-state index in [0.29, 0.717) is 16.7 Å². The minimum atomic E-state index is -0.860. The number of hydrogen-bond donors (Lipinski definition) is 2. The summed E-state index contributed by atoms with van der Waals surface area (Å²) in [5.74, 6) is 0.910. The average Bonchev–Trinajstić information content (AvgIpc) is 3.29. The summed E-state index contributed by atoms with van der Waals surface area (Å²) in [6, 6.07) is 14.4.